The van der Waals surface area contributed by atoms with Gasteiger partial charge < -0.3 is 9.80 Å². The summed E-state index contributed by atoms with van der Waals surface area (Å²) in [5, 5.41) is 12.7. The lowest BCUT2D eigenvalue weighted by atomic mass is 10.1. The molecule has 148 valence electrons. The standard InChI is InChI=1S/C19H23ClN6O2/c1-14-21-23-26(22-14)13-17-12-18(20)6-4-16(17)5-7-19(28)25-9-3-8-24(10-11-25)15(2)27/h4-7,12H,3,8-11,13H2,1-2H3/b7-5+. The molecule has 0 aliphatic carbocycles. The summed E-state index contributed by atoms with van der Waals surface area (Å²) in [6.45, 7) is 6.18. The quantitative estimate of drug-likeness (QED) is 0.728. The maximum atomic E-state index is 12.6. The molecule has 0 atom stereocenters. The molecule has 0 spiro atoms. The van der Waals surface area contributed by atoms with E-state index in [1.807, 2.05) is 12.1 Å². The molecule has 2 amide bonds. The number of carbonyl (C=O) groups excluding carboxylic acids is 2. The Hall–Kier alpha value is -2.74. The van der Waals surface area contributed by atoms with Crippen molar-refractivity contribution in [2.75, 3.05) is 26.2 Å². The summed E-state index contributed by atoms with van der Waals surface area (Å²) in [6.07, 6.45) is 4.13. The Labute approximate surface area is 168 Å². The van der Waals surface area contributed by atoms with Crippen LogP contribution in [0.5, 0.6) is 0 Å². The van der Waals surface area contributed by atoms with Crippen LogP contribution in [0.3, 0.4) is 0 Å². The minimum Gasteiger partial charge on any atom is -0.341 e. The van der Waals surface area contributed by atoms with Crippen molar-refractivity contribution < 1.29 is 9.59 Å². The van der Waals surface area contributed by atoms with Crippen LogP contribution in [0.4, 0.5) is 0 Å². The van der Waals surface area contributed by atoms with E-state index in [1.54, 1.807) is 41.9 Å². The zero-order valence-electron chi connectivity index (χ0n) is 16.0. The predicted molar refractivity (Wildman–Crippen MR) is 106 cm³/mol. The van der Waals surface area contributed by atoms with Crippen molar-refractivity contribution in [3.8, 4) is 0 Å². The summed E-state index contributed by atoms with van der Waals surface area (Å²) in [5.41, 5.74) is 1.76. The maximum Gasteiger partial charge on any atom is 0.246 e. The van der Waals surface area contributed by atoms with Gasteiger partial charge in [0.2, 0.25) is 11.8 Å². The first-order valence-electron chi connectivity index (χ1n) is 9.18. The average Bonchev–Trinajstić information content (AvgIpc) is 2.91. The molecule has 0 N–H and O–H groups in total. The van der Waals surface area contributed by atoms with Gasteiger partial charge in [-0.3, -0.25) is 9.59 Å². The lowest BCUT2D eigenvalue weighted by Gasteiger charge is -2.20. The summed E-state index contributed by atoms with van der Waals surface area (Å²) in [7, 11) is 0. The molecule has 1 aromatic carbocycles. The highest BCUT2D eigenvalue weighted by molar-refractivity contribution is 6.30. The smallest absolute Gasteiger partial charge is 0.246 e. The third kappa shape index (κ3) is 5.16. The van der Waals surface area contributed by atoms with Gasteiger partial charge in [-0.15, -0.1) is 10.2 Å². The van der Waals surface area contributed by atoms with E-state index in [1.165, 1.54) is 4.80 Å². The van der Waals surface area contributed by atoms with Gasteiger partial charge in [-0.05, 0) is 47.9 Å². The molecule has 1 aliphatic heterocycles. The van der Waals surface area contributed by atoms with Gasteiger partial charge >= 0.3 is 0 Å². The number of nitrogens with zero attached hydrogens (tertiary/aromatic N) is 6. The van der Waals surface area contributed by atoms with Crippen molar-refractivity contribution in [2.45, 2.75) is 26.8 Å². The number of carbonyl (C=O) groups is 2. The van der Waals surface area contributed by atoms with Gasteiger partial charge in [0.25, 0.3) is 0 Å². The van der Waals surface area contributed by atoms with Gasteiger partial charge in [0, 0.05) is 44.2 Å². The third-order valence-electron chi connectivity index (χ3n) is 4.63. The van der Waals surface area contributed by atoms with Gasteiger partial charge in [-0.2, -0.15) is 4.80 Å². The van der Waals surface area contributed by atoms with Crippen LogP contribution in [-0.2, 0) is 16.1 Å². The lowest BCUT2D eigenvalue weighted by Crippen LogP contribution is -2.35. The third-order valence-corrected chi connectivity index (χ3v) is 4.86. The maximum absolute atomic E-state index is 12.6. The van der Waals surface area contributed by atoms with E-state index >= 15 is 0 Å². The molecule has 1 aromatic heterocycles. The molecule has 2 aromatic rings. The first kappa shape index (κ1) is 20.0. The zero-order valence-corrected chi connectivity index (χ0v) is 16.8. The first-order valence-corrected chi connectivity index (χ1v) is 9.55. The number of hydrogen-bond donors (Lipinski definition) is 0. The molecule has 9 heteroatoms. The molecule has 0 radical (unpaired) electrons. The molecule has 3 rings (SSSR count). The minimum atomic E-state index is -0.0685. The van der Waals surface area contributed by atoms with Gasteiger partial charge in [0.1, 0.15) is 0 Å². The molecular formula is C19H23ClN6O2. The van der Waals surface area contributed by atoms with E-state index in [-0.39, 0.29) is 11.8 Å². The molecule has 0 unspecified atom stereocenters. The number of halogens is 1. The number of aromatic nitrogens is 4. The van der Waals surface area contributed by atoms with Crippen LogP contribution in [0.1, 0.15) is 30.3 Å². The largest absolute Gasteiger partial charge is 0.341 e. The number of benzene rings is 1. The van der Waals surface area contributed by atoms with E-state index in [2.05, 4.69) is 15.4 Å². The predicted octanol–water partition coefficient (Wildman–Crippen LogP) is 1.78. The van der Waals surface area contributed by atoms with Crippen LogP contribution in [-0.4, -0.2) is 68.0 Å². The Morgan fingerprint density at radius 1 is 1.18 bits per heavy atom. The normalized spacial score (nSPS) is 15.1. The van der Waals surface area contributed by atoms with Crippen LogP contribution >= 0.6 is 11.6 Å². The summed E-state index contributed by atoms with van der Waals surface area (Å²) in [4.78, 5) is 29.2. The Bertz CT molecular complexity index is 894. The van der Waals surface area contributed by atoms with Crippen molar-refractivity contribution in [1.82, 2.24) is 30.0 Å². The van der Waals surface area contributed by atoms with Gasteiger partial charge in [0.15, 0.2) is 5.82 Å². The minimum absolute atomic E-state index is 0.0487. The average molecular weight is 403 g/mol. The van der Waals surface area contributed by atoms with Gasteiger partial charge in [0.05, 0.1) is 6.54 Å². The SMILES string of the molecule is CC(=O)N1CCCN(C(=O)/C=C/c2ccc(Cl)cc2Cn2nnc(C)n2)CC1. The molecule has 8 nitrogen and oxygen atoms in total. The Morgan fingerprint density at radius 3 is 2.64 bits per heavy atom. The van der Waals surface area contributed by atoms with E-state index < -0.39 is 0 Å². The van der Waals surface area contributed by atoms with Crippen LogP contribution in [0, 0.1) is 6.92 Å². The second-order valence-corrected chi connectivity index (χ2v) is 7.16. The molecule has 2 heterocycles. The summed E-state index contributed by atoms with van der Waals surface area (Å²) >= 11 is 6.13. The van der Waals surface area contributed by atoms with Crippen molar-refractivity contribution >= 4 is 29.5 Å². The number of rotatable bonds is 4. The summed E-state index contributed by atoms with van der Waals surface area (Å²) < 4.78 is 0. The Morgan fingerprint density at radius 2 is 1.93 bits per heavy atom. The van der Waals surface area contributed by atoms with Gasteiger partial charge in [-0.25, -0.2) is 0 Å². The fourth-order valence-corrected chi connectivity index (χ4v) is 3.33. The molecular weight excluding hydrogens is 380 g/mol. The van der Waals surface area contributed by atoms with Crippen molar-refractivity contribution in [3.05, 3.63) is 46.2 Å². The molecule has 1 fully saturated rings. The van der Waals surface area contributed by atoms with E-state index in [0.29, 0.717) is 43.6 Å². The highest BCUT2D eigenvalue weighted by Crippen LogP contribution is 2.18. The Kier molecular flexibility index (Phi) is 6.41. The molecule has 1 aliphatic rings. The van der Waals surface area contributed by atoms with Crippen molar-refractivity contribution in [2.24, 2.45) is 0 Å². The van der Waals surface area contributed by atoms with Crippen LogP contribution in [0.15, 0.2) is 24.3 Å². The molecule has 1 saturated heterocycles. The molecule has 28 heavy (non-hydrogen) atoms. The van der Waals surface area contributed by atoms with Crippen molar-refractivity contribution in [1.29, 1.82) is 0 Å². The zero-order chi connectivity index (χ0) is 20.1. The fourth-order valence-electron chi connectivity index (χ4n) is 3.14. The number of tetrazole rings is 1. The second kappa shape index (κ2) is 8.97. The monoisotopic (exact) mass is 402 g/mol. The Balaban J connectivity index is 1.71. The lowest BCUT2D eigenvalue weighted by molar-refractivity contribution is -0.130. The topological polar surface area (TPSA) is 84.2 Å². The van der Waals surface area contributed by atoms with Gasteiger partial charge in [-0.1, -0.05) is 17.7 Å². The molecule has 0 saturated carbocycles. The summed E-state index contributed by atoms with van der Waals surface area (Å²) in [5.74, 6) is 0.573. The van der Waals surface area contributed by atoms with E-state index in [4.69, 9.17) is 11.6 Å². The number of hydrogen-bond acceptors (Lipinski definition) is 5. The second-order valence-electron chi connectivity index (χ2n) is 6.73. The highest BCUT2D eigenvalue weighted by Gasteiger charge is 2.18. The first-order chi connectivity index (χ1) is 13.4. The highest BCUT2D eigenvalue weighted by atomic mass is 35.5. The van der Waals surface area contributed by atoms with Crippen LogP contribution in [0.25, 0.3) is 6.08 Å². The van der Waals surface area contributed by atoms with E-state index in [9.17, 15) is 9.59 Å². The van der Waals surface area contributed by atoms with Crippen LogP contribution < -0.4 is 0 Å². The number of aryl methyl sites for hydroxylation is 1. The number of amides is 2. The van der Waals surface area contributed by atoms with E-state index in [0.717, 1.165) is 17.5 Å². The fraction of sp³-hybridized carbons (Fsp3) is 0.421. The van der Waals surface area contributed by atoms with Crippen LogP contribution in [0.2, 0.25) is 5.02 Å². The molecule has 0 bridgehead atoms. The van der Waals surface area contributed by atoms with Crippen molar-refractivity contribution in [3.63, 3.8) is 0 Å². The summed E-state index contributed by atoms with van der Waals surface area (Å²) in [6, 6.07) is 5.48.